The van der Waals surface area contributed by atoms with Crippen LogP contribution in [0.1, 0.15) is 19.4 Å². The lowest BCUT2D eigenvalue weighted by Gasteiger charge is -2.13. The number of benzene rings is 1. The Morgan fingerprint density at radius 3 is 2.73 bits per heavy atom. The maximum absolute atomic E-state index is 5.63. The van der Waals surface area contributed by atoms with Crippen LogP contribution in [0.25, 0.3) is 0 Å². The highest BCUT2D eigenvalue weighted by Gasteiger charge is 2.11. The Labute approximate surface area is 138 Å². The summed E-state index contributed by atoms with van der Waals surface area (Å²) in [5.74, 6) is 2.09. The van der Waals surface area contributed by atoms with Gasteiger partial charge in [-0.2, -0.15) is 5.10 Å². The number of nitrogens with one attached hydrogen (secondary N) is 1. The van der Waals surface area contributed by atoms with E-state index in [2.05, 4.69) is 31.4 Å². The number of halogens is 1. The molecule has 1 aromatic carbocycles. The van der Waals surface area contributed by atoms with Gasteiger partial charge < -0.3 is 9.47 Å². The quantitative estimate of drug-likeness (QED) is 0.594. The van der Waals surface area contributed by atoms with Crippen molar-refractivity contribution in [2.24, 2.45) is 5.10 Å². The van der Waals surface area contributed by atoms with Crippen LogP contribution in [-0.4, -0.2) is 24.4 Å². The summed E-state index contributed by atoms with van der Waals surface area (Å²) in [6.45, 7) is 5.02. The predicted octanol–water partition coefficient (Wildman–Crippen LogP) is 4.09. The molecule has 0 spiro atoms. The Balaban J connectivity index is 2.17. The largest absolute Gasteiger partial charge is 0.490 e. The SMILES string of the molecule is CCOc1cc(/C=N/Nc2ccccn2)cc(Br)c1OCC. The lowest BCUT2D eigenvalue weighted by Crippen LogP contribution is -2.00. The van der Waals surface area contributed by atoms with E-state index >= 15 is 0 Å². The van der Waals surface area contributed by atoms with Crippen LogP contribution in [0.5, 0.6) is 11.5 Å². The minimum atomic E-state index is 0.569. The van der Waals surface area contributed by atoms with Gasteiger partial charge in [-0.25, -0.2) is 4.98 Å². The Kier molecular flexibility index (Phi) is 6.21. The molecule has 0 aliphatic carbocycles. The second kappa shape index (κ2) is 8.38. The van der Waals surface area contributed by atoms with Gasteiger partial charge in [0.25, 0.3) is 0 Å². The number of ether oxygens (including phenoxy) is 2. The van der Waals surface area contributed by atoms with Gasteiger partial charge in [-0.15, -0.1) is 0 Å². The Hall–Kier alpha value is -2.08. The molecule has 0 aliphatic heterocycles. The lowest BCUT2D eigenvalue weighted by atomic mass is 10.2. The van der Waals surface area contributed by atoms with Crippen LogP contribution < -0.4 is 14.9 Å². The molecule has 0 saturated carbocycles. The van der Waals surface area contributed by atoms with Crippen molar-refractivity contribution in [3.63, 3.8) is 0 Å². The van der Waals surface area contributed by atoms with Crippen molar-refractivity contribution in [3.05, 3.63) is 46.6 Å². The minimum Gasteiger partial charge on any atom is -0.490 e. The molecule has 0 fully saturated rings. The molecule has 5 nitrogen and oxygen atoms in total. The molecule has 116 valence electrons. The number of nitrogens with zero attached hydrogens (tertiary/aromatic N) is 2. The van der Waals surface area contributed by atoms with Crippen LogP contribution in [-0.2, 0) is 0 Å². The van der Waals surface area contributed by atoms with E-state index in [1.165, 1.54) is 0 Å². The molecule has 0 saturated heterocycles. The highest BCUT2D eigenvalue weighted by atomic mass is 79.9. The number of anilines is 1. The molecular formula is C16H18BrN3O2. The fourth-order valence-corrected chi connectivity index (χ4v) is 2.39. The fraction of sp³-hybridized carbons (Fsp3) is 0.250. The molecule has 0 atom stereocenters. The van der Waals surface area contributed by atoms with Crippen molar-refractivity contribution in [2.75, 3.05) is 18.6 Å². The van der Waals surface area contributed by atoms with Gasteiger partial charge in [-0.3, -0.25) is 5.43 Å². The Bertz CT molecular complexity index is 633. The van der Waals surface area contributed by atoms with Crippen molar-refractivity contribution in [1.82, 2.24) is 4.98 Å². The zero-order valence-corrected chi connectivity index (χ0v) is 14.1. The maximum Gasteiger partial charge on any atom is 0.175 e. The van der Waals surface area contributed by atoms with Gasteiger partial charge in [0.2, 0.25) is 0 Å². The van der Waals surface area contributed by atoms with E-state index in [-0.39, 0.29) is 0 Å². The highest BCUT2D eigenvalue weighted by molar-refractivity contribution is 9.10. The van der Waals surface area contributed by atoms with Crippen molar-refractivity contribution in [3.8, 4) is 11.5 Å². The first-order chi connectivity index (χ1) is 10.7. The molecule has 0 amide bonds. The zero-order valence-electron chi connectivity index (χ0n) is 12.5. The van der Waals surface area contributed by atoms with Gasteiger partial charge in [-0.05, 0) is 59.6 Å². The average molecular weight is 364 g/mol. The van der Waals surface area contributed by atoms with Crippen LogP contribution in [0, 0.1) is 0 Å². The molecule has 2 aromatic rings. The number of rotatable bonds is 7. The van der Waals surface area contributed by atoms with Crippen LogP contribution in [0.2, 0.25) is 0 Å². The molecule has 0 unspecified atom stereocenters. The average Bonchev–Trinajstić information content (AvgIpc) is 2.52. The monoisotopic (exact) mass is 363 g/mol. The first-order valence-electron chi connectivity index (χ1n) is 7.03. The molecule has 1 aromatic heterocycles. The normalized spacial score (nSPS) is 10.7. The first-order valence-corrected chi connectivity index (χ1v) is 7.83. The van der Waals surface area contributed by atoms with Gasteiger partial charge in [0.05, 0.1) is 23.9 Å². The standard InChI is InChI=1S/C16H18BrN3O2/c1-3-21-14-10-12(9-13(17)16(14)22-4-2)11-19-20-15-7-5-6-8-18-15/h5-11H,3-4H2,1-2H3,(H,18,20)/b19-11+. The third kappa shape index (κ3) is 4.46. The van der Waals surface area contributed by atoms with E-state index in [9.17, 15) is 0 Å². The second-order valence-corrected chi connectivity index (χ2v) is 5.14. The molecule has 0 radical (unpaired) electrons. The minimum absolute atomic E-state index is 0.569. The first kappa shape index (κ1) is 16.3. The molecule has 22 heavy (non-hydrogen) atoms. The Morgan fingerprint density at radius 1 is 1.23 bits per heavy atom. The van der Waals surface area contributed by atoms with E-state index in [1.807, 2.05) is 44.2 Å². The summed E-state index contributed by atoms with van der Waals surface area (Å²) in [7, 11) is 0. The summed E-state index contributed by atoms with van der Waals surface area (Å²) >= 11 is 3.51. The fourth-order valence-electron chi connectivity index (χ4n) is 1.81. The summed E-state index contributed by atoms with van der Waals surface area (Å²) in [5.41, 5.74) is 3.77. The molecule has 0 aliphatic rings. The molecule has 6 heteroatoms. The summed E-state index contributed by atoms with van der Waals surface area (Å²) < 4.78 is 12.1. The smallest absolute Gasteiger partial charge is 0.175 e. The molecule has 1 N–H and O–H groups in total. The molecule has 1 heterocycles. The number of pyridine rings is 1. The summed E-state index contributed by atoms with van der Waals surface area (Å²) in [6, 6.07) is 9.41. The van der Waals surface area contributed by atoms with Gasteiger partial charge in [0.1, 0.15) is 5.82 Å². The molecule has 2 rings (SSSR count). The van der Waals surface area contributed by atoms with Gasteiger partial charge >= 0.3 is 0 Å². The predicted molar refractivity (Wildman–Crippen MR) is 91.9 cm³/mol. The van der Waals surface area contributed by atoms with Gasteiger partial charge in [-0.1, -0.05) is 6.07 Å². The van der Waals surface area contributed by atoms with E-state index in [0.717, 1.165) is 10.0 Å². The van der Waals surface area contributed by atoms with E-state index < -0.39 is 0 Å². The molecular weight excluding hydrogens is 346 g/mol. The Morgan fingerprint density at radius 2 is 2.05 bits per heavy atom. The van der Waals surface area contributed by atoms with Crippen LogP contribution >= 0.6 is 15.9 Å². The van der Waals surface area contributed by atoms with Crippen molar-refractivity contribution >= 4 is 28.0 Å². The third-order valence-electron chi connectivity index (χ3n) is 2.68. The lowest BCUT2D eigenvalue weighted by molar-refractivity contribution is 0.286. The summed E-state index contributed by atoms with van der Waals surface area (Å²) in [4.78, 5) is 4.13. The topological polar surface area (TPSA) is 55.7 Å². The van der Waals surface area contributed by atoms with Gasteiger partial charge in [0, 0.05) is 6.20 Å². The summed E-state index contributed by atoms with van der Waals surface area (Å²) in [6.07, 6.45) is 3.41. The zero-order chi connectivity index (χ0) is 15.8. The van der Waals surface area contributed by atoms with Gasteiger partial charge in [0.15, 0.2) is 11.5 Å². The van der Waals surface area contributed by atoms with E-state index in [0.29, 0.717) is 30.5 Å². The number of aromatic nitrogens is 1. The second-order valence-electron chi connectivity index (χ2n) is 4.28. The number of hydrogen-bond acceptors (Lipinski definition) is 5. The van der Waals surface area contributed by atoms with Crippen LogP contribution in [0.3, 0.4) is 0 Å². The van der Waals surface area contributed by atoms with Crippen molar-refractivity contribution in [1.29, 1.82) is 0 Å². The van der Waals surface area contributed by atoms with Crippen LogP contribution in [0.15, 0.2) is 46.1 Å². The number of hydrazone groups is 1. The highest BCUT2D eigenvalue weighted by Crippen LogP contribution is 2.36. The van der Waals surface area contributed by atoms with Crippen molar-refractivity contribution in [2.45, 2.75) is 13.8 Å². The third-order valence-corrected chi connectivity index (χ3v) is 3.27. The maximum atomic E-state index is 5.63. The van der Waals surface area contributed by atoms with E-state index in [4.69, 9.17) is 9.47 Å². The summed E-state index contributed by atoms with van der Waals surface area (Å²) in [5, 5.41) is 4.18. The number of hydrogen-bond donors (Lipinski definition) is 1. The van der Waals surface area contributed by atoms with E-state index in [1.54, 1.807) is 12.4 Å². The van der Waals surface area contributed by atoms with Crippen LogP contribution in [0.4, 0.5) is 5.82 Å². The molecule has 0 bridgehead atoms. The van der Waals surface area contributed by atoms with Crippen molar-refractivity contribution < 1.29 is 9.47 Å².